The van der Waals surface area contributed by atoms with E-state index in [0.29, 0.717) is 38.0 Å². The minimum atomic E-state index is -3.84. The van der Waals surface area contributed by atoms with E-state index in [2.05, 4.69) is 43.6 Å². The van der Waals surface area contributed by atoms with Gasteiger partial charge in [-0.25, -0.2) is 13.4 Å². The average molecular weight is 480 g/mol. The van der Waals surface area contributed by atoms with Gasteiger partial charge in [0.15, 0.2) is 0 Å². The number of pyridine rings is 1. The number of nitrogens with one attached hydrogen (secondary N) is 1. The summed E-state index contributed by atoms with van der Waals surface area (Å²) in [6, 6.07) is 15.9. The first kappa shape index (κ1) is 23.1. The largest absolute Gasteiger partial charge is 0.295 e. The quantitative estimate of drug-likeness (QED) is 0.452. The van der Waals surface area contributed by atoms with Gasteiger partial charge in [-0.3, -0.25) is 9.29 Å². The van der Waals surface area contributed by atoms with Crippen LogP contribution in [0.1, 0.15) is 32.0 Å². The summed E-state index contributed by atoms with van der Waals surface area (Å²) in [5, 5.41) is 2.83. The molecule has 7 heteroatoms. The van der Waals surface area contributed by atoms with Gasteiger partial charge in [0.05, 0.1) is 21.0 Å². The standard InChI is InChI=1S/C26H26ClN3O2S/c1-16-8-7-9-23(28-16)30-17(2)24-21(27)14-15-22(25(24)18(30)3)29-33(31,32)20-12-10-19(11-13-20)26(4,5)6/h7-15,29H,2-3H2,1,4-6H3. The van der Waals surface area contributed by atoms with Gasteiger partial charge >= 0.3 is 0 Å². The highest BCUT2D eigenvalue weighted by molar-refractivity contribution is 7.92. The second-order valence-electron chi connectivity index (χ2n) is 9.09. The van der Waals surface area contributed by atoms with Crippen molar-refractivity contribution in [1.82, 2.24) is 9.55 Å². The van der Waals surface area contributed by atoms with Crippen LogP contribution in [-0.4, -0.2) is 18.0 Å². The Bertz CT molecular complexity index is 1580. The fourth-order valence-electron chi connectivity index (χ4n) is 3.90. The van der Waals surface area contributed by atoms with Crippen LogP contribution in [0.2, 0.25) is 5.02 Å². The Morgan fingerprint density at radius 1 is 0.939 bits per heavy atom. The van der Waals surface area contributed by atoms with E-state index in [9.17, 15) is 8.42 Å². The van der Waals surface area contributed by atoms with Gasteiger partial charge in [0.1, 0.15) is 5.82 Å². The molecule has 5 nitrogen and oxygen atoms in total. The van der Waals surface area contributed by atoms with E-state index in [0.717, 1.165) is 11.3 Å². The van der Waals surface area contributed by atoms with Crippen LogP contribution in [0.15, 0.2) is 59.5 Å². The molecule has 0 unspecified atom stereocenters. The number of halogens is 1. The molecule has 2 aromatic heterocycles. The van der Waals surface area contributed by atoms with Crippen LogP contribution in [0, 0.1) is 6.92 Å². The number of hydrogen-bond acceptors (Lipinski definition) is 3. The molecule has 0 bridgehead atoms. The van der Waals surface area contributed by atoms with Gasteiger partial charge in [0.2, 0.25) is 0 Å². The molecule has 0 aliphatic rings. The lowest BCUT2D eigenvalue weighted by atomic mass is 9.87. The Morgan fingerprint density at radius 3 is 2.18 bits per heavy atom. The zero-order valence-corrected chi connectivity index (χ0v) is 20.7. The van der Waals surface area contributed by atoms with Crippen molar-refractivity contribution >= 4 is 51.2 Å². The zero-order valence-electron chi connectivity index (χ0n) is 19.1. The number of sulfonamides is 1. The Balaban J connectivity index is 1.86. The number of aryl methyl sites for hydroxylation is 1. The van der Waals surface area contributed by atoms with Crippen LogP contribution in [-0.2, 0) is 15.4 Å². The summed E-state index contributed by atoms with van der Waals surface area (Å²) in [6.45, 7) is 16.5. The molecule has 0 amide bonds. The normalized spacial score (nSPS) is 12.3. The molecule has 0 aliphatic carbocycles. The Labute approximate surface area is 199 Å². The fourth-order valence-corrected chi connectivity index (χ4v) is 5.24. The lowest BCUT2D eigenvalue weighted by Crippen LogP contribution is -2.24. The molecular weight excluding hydrogens is 454 g/mol. The summed E-state index contributed by atoms with van der Waals surface area (Å²) in [6.07, 6.45) is 0. The number of nitrogens with zero attached hydrogens (tertiary/aromatic N) is 2. The van der Waals surface area contributed by atoms with Gasteiger partial charge in [-0.15, -0.1) is 0 Å². The third kappa shape index (κ3) is 4.16. The molecule has 0 atom stereocenters. The predicted octanol–water partition coefficient (Wildman–Crippen LogP) is 4.91. The van der Waals surface area contributed by atoms with E-state index < -0.39 is 10.0 Å². The van der Waals surface area contributed by atoms with Crippen LogP contribution in [0.5, 0.6) is 0 Å². The summed E-state index contributed by atoms with van der Waals surface area (Å²) >= 11 is 6.51. The van der Waals surface area contributed by atoms with E-state index in [1.807, 2.05) is 37.3 Å². The topological polar surface area (TPSA) is 64.0 Å². The maximum absolute atomic E-state index is 13.2. The molecule has 170 valence electrons. The van der Waals surface area contributed by atoms with Gasteiger partial charge in [-0.2, -0.15) is 0 Å². The smallest absolute Gasteiger partial charge is 0.261 e. The van der Waals surface area contributed by atoms with Gasteiger partial charge in [0.25, 0.3) is 10.0 Å². The minimum Gasteiger partial charge on any atom is -0.295 e. The van der Waals surface area contributed by atoms with Crippen molar-refractivity contribution in [3.05, 3.63) is 81.6 Å². The molecule has 4 aromatic rings. The van der Waals surface area contributed by atoms with E-state index in [1.165, 1.54) is 0 Å². The van der Waals surface area contributed by atoms with Gasteiger partial charge in [-0.1, -0.05) is 63.7 Å². The van der Waals surface area contributed by atoms with Crippen molar-refractivity contribution in [3.63, 3.8) is 0 Å². The monoisotopic (exact) mass is 479 g/mol. The third-order valence-corrected chi connectivity index (χ3v) is 7.35. The van der Waals surface area contributed by atoms with Crippen molar-refractivity contribution in [3.8, 4) is 5.82 Å². The third-order valence-electron chi connectivity index (χ3n) is 5.65. The first-order valence-corrected chi connectivity index (χ1v) is 12.3. The molecule has 0 aliphatic heterocycles. The maximum Gasteiger partial charge on any atom is 0.261 e. The van der Waals surface area contributed by atoms with E-state index in [1.54, 1.807) is 28.8 Å². The lowest BCUT2D eigenvalue weighted by molar-refractivity contribution is 0.587. The van der Waals surface area contributed by atoms with Gasteiger partial charge in [-0.05, 0) is 54.3 Å². The van der Waals surface area contributed by atoms with Crippen LogP contribution in [0.3, 0.4) is 0 Å². The summed E-state index contributed by atoms with van der Waals surface area (Å²) < 4.78 is 30.9. The van der Waals surface area contributed by atoms with Crippen molar-refractivity contribution < 1.29 is 8.42 Å². The molecule has 0 spiro atoms. The molecule has 0 saturated heterocycles. The zero-order chi connectivity index (χ0) is 24.1. The molecule has 2 aromatic carbocycles. The number of aromatic nitrogens is 2. The predicted molar refractivity (Wildman–Crippen MR) is 137 cm³/mol. The number of benzene rings is 2. The second-order valence-corrected chi connectivity index (χ2v) is 11.2. The molecule has 0 fully saturated rings. The van der Waals surface area contributed by atoms with Crippen molar-refractivity contribution in [2.45, 2.75) is 38.0 Å². The average Bonchev–Trinajstić information content (AvgIpc) is 3.01. The van der Waals surface area contributed by atoms with Gasteiger partial charge in [0, 0.05) is 21.8 Å². The molecular formula is C26H26ClN3O2S. The highest BCUT2D eigenvalue weighted by atomic mass is 35.5. The summed E-state index contributed by atoms with van der Waals surface area (Å²) in [7, 11) is -3.84. The molecule has 2 heterocycles. The van der Waals surface area contributed by atoms with E-state index >= 15 is 0 Å². The summed E-state index contributed by atoms with van der Waals surface area (Å²) in [4.78, 5) is 4.75. The van der Waals surface area contributed by atoms with Crippen LogP contribution in [0.4, 0.5) is 5.69 Å². The first-order chi connectivity index (χ1) is 15.4. The van der Waals surface area contributed by atoms with E-state index in [-0.39, 0.29) is 10.3 Å². The van der Waals surface area contributed by atoms with E-state index in [4.69, 9.17) is 11.6 Å². The van der Waals surface area contributed by atoms with Crippen LogP contribution < -0.4 is 15.4 Å². The Hall–Kier alpha value is -3.09. The molecule has 0 radical (unpaired) electrons. The number of hydrogen-bond donors (Lipinski definition) is 1. The molecule has 1 N–H and O–H groups in total. The SMILES string of the molecule is C=c1c2c(Cl)ccc(NS(=O)(=O)c3ccc(C(C)(C)C)cc3)c2c(=C)n1-c1cccc(C)n1. The fraction of sp³-hybridized carbons (Fsp3) is 0.192. The minimum absolute atomic E-state index is 0.0713. The van der Waals surface area contributed by atoms with Crippen LogP contribution >= 0.6 is 11.6 Å². The van der Waals surface area contributed by atoms with Crippen LogP contribution in [0.25, 0.3) is 29.7 Å². The number of rotatable bonds is 4. The molecule has 4 rings (SSSR count). The van der Waals surface area contributed by atoms with Crippen molar-refractivity contribution in [2.75, 3.05) is 4.72 Å². The maximum atomic E-state index is 13.2. The summed E-state index contributed by atoms with van der Waals surface area (Å²) in [5.74, 6) is 0.642. The number of anilines is 1. The summed E-state index contributed by atoms with van der Waals surface area (Å²) in [5.41, 5.74) is 2.21. The highest BCUT2D eigenvalue weighted by Crippen LogP contribution is 2.29. The van der Waals surface area contributed by atoms with Crippen molar-refractivity contribution in [2.24, 2.45) is 0 Å². The Morgan fingerprint density at radius 2 is 1.58 bits per heavy atom. The van der Waals surface area contributed by atoms with Crippen molar-refractivity contribution in [1.29, 1.82) is 0 Å². The van der Waals surface area contributed by atoms with Gasteiger partial charge < -0.3 is 0 Å². The highest BCUT2D eigenvalue weighted by Gasteiger charge is 2.21. The Kier molecular flexibility index (Phi) is 5.63. The number of fused-ring (bicyclic) bond motifs is 1. The lowest BCUT2D eigenvalue weighted by Gasteiger charge is -2.19. The molecule has 0 saturated carbocycles. The first-order valence-electron chi connectivity index (χ1n) is 10.5. The molecule has 33 heavy (non-hydrogen) atoms. The second kappa shape index (κ2) is 8.04.